The fourth-order valence-corrected chi connectivity index (χ4v) is 2.10. The molecule has 0 aromatic heterocycles. The maximum absolute atomic E-state index is 5.55. The molecule has 1 unspecified atom stereocenters. The molecule has 1 aliphatic rings. The summed E-state index contributed by atoms with van der Waals surface area (Å²) in [5.74, 6) is 0. The van der Waals surface area contributed by atoms with Crippen molar-refractivity contribution in [2.45, 2.75) is 18.8 Å². The van der Waals surface area contributed by atoms with Crippen LogP contribution in [0, 0.1) is 0 Å². The molecule has 1 aromatic carbocycles. The summed E-state index contributed by atoms with van der Waals surface area (Å²) in [6, 6.07) is 10.5. The van der Waals surface area contributed by atoms with Crippen LogP contribution in [0.25, 0.3) is 0 Å². The third kappa shape index (κ3) is 1.73. The first kappa shape index (κ1) is 9.47. The lowest BCUT2D eigenvalue weighted by Crippen LogP contribution is -2.33. The number of ether oxygens (including phenoxy) is 1. The van der Waals surface area contributed by atoms with E-state index in [9.17, 15) is 0 Å². The van der Waals surface area contributed by atoms with E-state index in [1.165, 1.54) is 11.1 Å². The molecule has 0 spiro atoms. The minimum absolute atomic E-state index is 0.122. The summed E-state index contributed by atoms with van der Waals surface area (Å²) in [6.45, 7) is 7.78. The topological polar surface area (TPSA) is 9.23 Å². The molecule has 0 N–H and O–H groups in total. The maximum atomic E-state index is 5.55. The second kappa shape index (κ2) is 3.58. The minimum atomic E-state index is 0.122. The molecule has 1 aliphatic heterocycles. The molecule has 1 aromatic rings. The lowest BCUT2D eigenvalue weighted by Gasteiger charge is -2.35. The molecule has 1 heterocycles. The van der Waals surface area contributed by atoms with E-state index >= 15 is 0 Å². The van der Waals surface area contributed by atoms with Crippen LogP contribution in [0.4, 0.5) is 0 Å². The minimum Gasteiger partial charge on any atom is -0.376 e. The first-order chi connectivity index (χ1) is 6.71. The van der Waals surface area contributed by atoms with E-state index in [2.05, 4.69) is 37.8 Å². The molecule has 1 atom stereocenters. The van der Waals surface area contributed by atoms with Gasteiger partial charge in [-0.1, -0.05) is 49.4 Å². The maximum Gasteiger partial charge on any atom is 0.0674 e. The van der Waals surface area contributed by atoms with Gasteiger partial charge in [0.05, 0.1) is 13.2 Å². The van der Waals surface area contributed by atoms with Crippen molar-refractivity contribution in [2.24, 2.45) is 0 Å². The molecule has 0 aliphatic carbocycles. The quantitative estimate of drug-likeness (QED) is 0.616. The molecule has 0 radical (unpaired) electrons. The van der Waals surface area contributed by atoms with Gasteiger partial charge in [-0.15, -0.1) is 0 Å². The van der Waals surface area contributed by atoms with E-state index < -0.39 is 0 Å². The molecule has 0 bridgehead atoms. The summed E-state index contributed by atoms with van der Waals surface area (Å²) in [4.78, 5) is 0. The molecular formula is C13H16O. The van der Waals surface area contributed by atoms with Crippen LogP contribution < -0.4 is 0 Å². The third-order valence-corrected chi connectivity index (χ3v) is 2.84. The van der Waals surface area contributed by atoms with Gasteiger partial charge in [0.15, 0.2) is 0 Å². The van der Waals surface area contributed by atoms with Crippen LogP contribution in [0.5, 0.6) is 0 Å². The summed E-state index contributed by atoms with van der Waals surface area (Å²) in [7, 11) is 0. The third-order valence-electron chi connectivity index (χ3n) is 2.84. The van der Waals surface area contributed by atoms with Crippen molar-refractivity contribution < 1.29 is 4.74 Å². The van der Waals surface area contributed by atoms with Crippen LogP contribution in [0.2, 0.25) is 0 Å². The van der Waals surface area contributed by atoms with Crippen molar-refractivity contribution in [3.05, 3.63) is 48.0 Å². The fraction of sp³-hybridized carbons (Fsp3) is 0.385. The summed E-state index contributed by atoms with van der Waals surface area (Å²) in [6.07, 6.45) is 1.04. The Morgan fingerprint density at radius 1 is 1.29 bits per heavy atom. The predicted molar refractivity (Wildman–Crippen MR) is 58.4 cm³/mol. The number of rotatable bonds is 1. The van der Waals surface area contributed by atoms with Crippen molar-refractivity contribution >= 4 is 0 Å². The van der Waals surface area contributed by atoms with E-state index in [1.54, 1.807) is 0 Å². The molecule has 14 heavy (non-hydrogen) atoms. The Morgan fingerprint density at radius 2 is 2.00 bits per heavy atom. The average Bonchev–Trinajstić information content (AvgIpc) is 2.19. The largest absolute Gasteiger partial charge is 0.376 e. The van der Waals surface area contributed by atoms with Crippen LogP contribution in [-0.2, 0) is 10.2 Å². The zero-order valence-electron chi connectivity index (χ0n) is 8.62. The Morgan fingerprint density at radius 3 is 2.64 bits per heavy atom. The van der Waals surface area contributed by atoms with Crippen molar-refractivity contribution in [1.29, 1.82) is 0 Å². The van der Waals surface area contributed by atoms with E-state index in [0.717, 1.165) is 19.6 Å². The second-order valence-corrected chi connectivity index (χ2v) is 4.35. The number of hydrogen-bond acceptors (Lipinski definition) is 1. The fourth-order valence-electron chi connectivity index (χ4n) is 2.10. The zero-order valence-corrected chi connectivity index (χ0v) is 8.62. The normalized spacial score (nSPS) is 27.6. The van der Waals surface area contributed by atoms with E-state index in [0.29, 0.717) is 0 Å². The Balaban J connectivity index is 2.27. The summed E-state index contributed by atoms with van der Waals surface area (Å²) in [5, 5.41) is 0. The number of benzene rings is 1. The van der Waals surface area contributed by atoms with Crippen LogP contribution in [0.1, 0.15) is 18.9 Å². The summed E-state index contributed by atoms with van der Waals surface area (Å²) in [5.41, 5.74) is 2.67. The molecule has 74 valence electrons. The summed E-state index contributed by atoms with van der Waals surface area (Å²) >= 11 is 0. The van der Waals surface area contributed by atoms with Gasteiger partial charge in [-0.2, -0.15) is 0 Å². The highest BCUT2D eigenvalue weighted by molar-refractivity contribution is 5.28. The van der Waals surface area contributed by atoms with Gasteiger partial charge in [-0.3, -0.25) is 0 Å². The molecule has 2 rings (SSSR count). The Labute approximate surface area is 85.4 Å². The first-order valence-electron chi connectivity index (χ1n) is 5.01. The van der Waals surface area contributed by atoms with Gasteiger partial charge in [-0.25, -0.2) is 0 Å². The van der Waals surface area contributed by atoms with Gasteiger partial charge < -0.3 is 4.74 Å². The monoisotopic (exact) mass is 188 g/mol. The molecule has 0 amide bonds. The lowest BCUT2D eigenvalue weighted by molar-refractivity contribution is 0.0749. The Hall–Kier alpha value is -1.08. The van der Waals surface area contributed by atoms with Crippen LogP contribution in [0.15, 0.2) is 42.5 Å². The molecular weight excluding hydrogens is 172 g/mol. The van der Waals surface area contributed by atoms with E-state index in [4.69, 9.17) is 4.74 Å². The second-order valence-electron chi connectivity index (χ2n) is 4.35. The van der Waals surface area contributed by atoms with E-state index in [-0.39, 0.29) is 5.41 Å². The van der Waals surface area contributed by atoms with Crippen molar-refractivity contribution in [3.8, 4) is 0 Å². The summed E-state index contributed by atoms with van der Waals surface area (Å²) < 4.78 is 5.55. The SMILES string of the molecule is C=C1COCC(C)(c2ccccc2)C1. The van der Waals surface area contributed by atoms with Gasteiger partial charge in [-0.05, 0) is 12.0 Å². The first-order valence-corrected chi connectivity index (χ1v) is 5.01. The van der Waals surface area contributed by atoms with Gasteiger partial charge in [0.25, 0.3) is 0 Å². The zero-order chi connectivity index (χ0) is 10.0. The Kier molecular flexibility index (Phi) is 2.42. The van der Waals surface area contributed by atoms with Gasteiger partial charge in [0.1, 0.15) is 0 Å². The Bertz CT molecular complexity index is 328. The highest BCUT2D eigenvalue weighted by Crippen LogP contribution is 2.33. The van der Waals surface area contributed by atoms with E-state index in [1.807, 2.05) is 6.07 Å². The smallest absolute Gasteiger partial charge is 0.0674 e. The molecule has 1 nitrogen and oxygen atoms in total. The number of hydrogen-bond donors (Lipinski definition) is 0. The predicted octanol–water partition coefficient (Wildman–Crippen LogP) is 2.92. The van der Waals surface area contributed by atoms with Gasteiger partial charge in [0.2, 0.25) is 0 Å². The molecule has 1 heteroatoms. The standard InChI is InChI=1S/C13H16O/c1-11-8-13(2,10-14-9-11)12-6-4-3-5-7-12/h3-7H,1,8-10H2,2H3. The van der Waals surface area contributed by atoms with Crippen molar-refractivity contribution in [2.75, 3.05) is 13.2 Å². The molecule has 1 fully saturated rings. The van der Waals surface area contributed by atoms with Crippen molar-refractivity contribution in [3.63, 3.8) is 0 Å². The molecule has 0 saturated carbocycles. The molecule has 1 saturated heterocycles. The highest BCUT2D eigenvalue weighted by atomic mass is 16.5. The van der Waals surface area contributed by atoms with Gasteiger partial charge >= 0.3 is 0 Å². The highest BCUT2D eigenvalue weighted by Gasteiger charge is 2.30. The van der Waals surface area contributed by atoms with Crippen LogP contribution in [-0.4, -0.2) is 13.2 Å². The van der Waals surface area contributed by atoms with Crippen LogP contribution in [0.3, 0.4) is 0 Å². The van der Waals surface area contributed by atoms with Crippen LogP contribution >= 0.6 is 0 Å². The lowest BCUT2D eigenvalue weighted by atomic mass is 9.77. The van der Waals surface area contributed by atoms with Crippen molar-refractivity contribution in [1.82, 2.24) is 0 Å². The average molecular weight is 188 g/mol. The van der Waals surface area contributed by atoms with Gasteiger partial charge in [0, 0.05) is 5.41 Å².